The van der Waals surface area contributed by atoms with Gasteiger partial charge in [0.05, 0.1) is 0 Å². The SMILES string of the molecule is COCc1ncc(C)n1CCNC(=O)c1ccnn1C. The minimum atomic E-state index is -0.129. The average Bonchev–Trinajstić information content (AvgIpc) is 2.99. The molecular weight excluding hydrogens is 258 g/mol. The molecule has 0 unspecified atom stereocenters. The molecule has 0 radical (unpaired) electrons. The van der Waals surface area contributed by atoms with Crippen molar-refractivity contribution in [3.63, 3.8) is 0 Å². The van der Waals surface area contributed by atoms with Gasteiger partial charge in [-0.15, -0.1) is 0 Å². The van der Waals surface area contributed by atoms with Crippen LogP contribution in [0.3, 0.4) is 0 Å². The molecule has 0 saturated heterocycles. The molecule has 0 aromatic carbocycles. The second-order valence-corrected chi connectivity index (χ2v) is 4.50. The van der Waals surface area contributed by atoms with E-state index in [1.165, 1.54) is 0 Å². The van der Waals surface area contributed by atoms with Crippen LogP contribution in [0.4, 0.5) is 0 Å². The maximum Gasteiger partial charge on any atom is 0.269 e. The van der Waals surface area contributed by atoms with E-state index in [9.17, 15) is 4.79 Å². The van der Waals surface area contributed by atoms with Crippen molar-refractivity contribution in [3.8, 4) is 0 Å². The summed E-state index contributed by atoms with van der Waals surface area (Å²) in [5.41, 5.74) is 1.59. The molecule has 2 rings (SSSR count). The predicted octanol–water partition coefficient (Wildman–Crippen LogP) is 0.501. The number of amides is 1. The van der Waals surface area contributed by atoms with Gasteiger partial charge in [-0.25, -0.2) is 4.98 Å². The van der Waals surface area contributed by atoms with Crippen LogP contribution in [0.15, 0.2) is 18.5 Å². The summed E-state index contributed by atoms with van der Waals surface area (Å²) in [6.45, 7) is 3.63. The smallest absolute Gasteiger partial charge is 0.269 e. The topological polar surface area (TPSA) is 74.0 Å². The predicted molar refractivity (Wildman–Crippen MR) is 73.2 cm³/mol. The van der Waals surface area contributed by atoms with Crippen molar-refractivity contribution >= 4 is 5.91 Å². The minimum absolute atomic E-state index is 0.129. The quantitative estimate of drug-likeness (QED) is 0.834. The zero-order valence-electron chi connectivity index (χ0n) is 12.0. The number of aryl methyl sites for hydroxylation is 2. The Labute approximate surface area is 117 Å². The van der Waals surface area contributed by atoms with Crippen LogP contribution in [0, 0.1) is 6.92 Å². The molecule has 0 atom stereocenters. The molecule has 0 spiro atoms. The molecule has 0 aliphatic carbocycles. The standard InChI is InChI=1S/C13H19N5O2/c1-10-8-15-12(9-20-3)18(10)7-6-14-13(19)11-4-5-16-17(11)2/h4-5,8H,6-7,9H2,1-3H3,(H,14,19). The molecule has 20 heavy (non-hydrogen) atoms. The Hall–Kier alpha value is -2.15. The molecule has 0 aliphatic rings. The van der Waals surface area contributed by atoms with Crippen LogP contribution in [0.25, 0.3) is 0 Å². The Kier molecular flexibility index (Phi) is 4.52. The summed E-state index contributed by atoms with van der Waals surface area (Å²) in [5.74, 6) is 0.732. The van der Waals surface area contributed by atoms with Crippen molar-refractivity contribution in [2.75, 3.05) is 13.7 Å². The highest BCUT2D eigenvalue weighted by Crippen LogP contribution is 2.05. The Morgan fingerprint density at radius 2 is 2.30 bits per heavy atom. The van der Waals surface area contributed by atoms with E-state index in [1.54, 1.807) is 37.3 Å². The lowest BCUT2D eigenvalue weighted by Crippen LogP contribution is -2.29. The number of hydrogen-bond donors (Lipinski definition) is 1. The number of ether oxygens (including phenoxy) is 1. The van der Waals surface area contributed by atoms with E-state index < -0.39 is 0 Å². The molecule has 0 fully saturated rings. The summed E-state index contributed by atoms with van der Waals surface area (Å²) in [6, 6.07) is 1.69. The second kappa shape index (κ2) is 6.33. The largest absolute Gasteiger partial charge is 0.377 e. The van der Waals surface area contributed by atoms with E-state index in [0.717, 1.165) is 11.5 Å². The van der Waals surface area contributed by atoms with Gasteiger partial charge in [-0.2, -0.15) is 5.10 Å². The zero-order valence-corrected chi connectivity index (χ0v) is 12.0. The molecule has 2 heterocycles. The van der Waals surface area contributed by atoms with Gasteiger partial charge < -0.3 is 14.6 Å². The Bertz CT molecular complexity index is 587. The van der Waals surface area contributed by atoms with Gasteiger partial charge in [-0.05, 0) is 13.0 Å². The van der Waals surface area contributed by atoms with Gasteiger partial charge in [0.1, 0.15) is 18.1 Å². The number of methoxy groups -OCH3 is 1. The number of aromatic nitrogens is 4. The fourth-order valence-electron chi connectivity index (χ4n) is 2.03. The molecule has 0 bridgehead atoms. The minimum Gasteiger partial charge on any atom is -0.377 e. The molecule has 1 N–H and O–H groups in total. The summed E-state index contributed by atoms with van der Waals surface area (Å²) in [7, 11) is 3.38. The molecule has 108 valence electrons. The summed E-state index contributed by atoms with van der Waals surface area (Å²) < 4.78 is 8.69. The third-order valence-electron chi connectivity index (χ3n) is 3.09. The first-order valence-corrected chi connectivity index (χ1v) is 6.39. The maximum atomic E-state index is 11.9. The lowest BCUT2D eigenvalue weighted by molar-refractivity contribution is 0.0942. The summed E-state index contributed by atoms with van der Waals surface area (Å²) >= 11 is 0. The number of rotatable bonds is 6. The second-order valence-electron chi connectivity index (χ2n) is 4.50. The van der Waals surface area contributed by atoms with Crippen molar-refractivity contribution in [1.29, 1.82) is 0 Å². The highest BCUT2D eigenvalue weighted by atomic mass is 16.5. The first kappa shape index (κ1) is 14.3. The third kappa shape index (κ3) is 3.05. The van der Waals surface area contributed by atoms with Crippen LogP contribution in [0.2, 0.25) is 0 Å². The molecule has 0 aliphatic heterocycles. The van der Waals surface area contributed by atoms with E-state index >= 15 is 0 Å². The van der Waals surface area contributed by atoms with Crippen LogP contribution in [-0.4, -0.2) is 38.9 Å². The molecular formula is C13H19N5O2. The number of imidazole rings is 1. The van der Waals surface area contributed by atoms with Crippen LogP contribution in [0.5, 0.6) is 0 Å². The fraction of sp³-hybridized carbons (Fsp3) is 0.462. The third-order valence-corrected chi connectivity index (χ3v) is 3.09. The molecule has 7 nitrogen and oxygen atoms in total. The number of hydrogen-bond acceptors (Lipinski definition) is 4. The fourth-order valence-corrected chi connectivity index (χ4v) is 2.03. The van der Waals surface area contributed by atoms with Crippen LogP contribution >= 0.6 is 0 Å². The van der Waals surface area contributed by atoms with Crippen molar-refractivity contribution in [2.24, 2.45) is 7.05 Å². The van der Waals surface area contributed by atoms with Gasteiger partial charge in [-0.1, -0.05) is 0 Å². The lowest BCUT2D eigenvalue weighted by Gasteiger charge is -2.10. The van der Waals surface area contributed by atoms with E-state index in [1.807, 2.05) is 11.5 Å². The van der Waals surface area contributed by atoms with E-state index in [0.29, 0.717) is 25.4 Å². The highest BCUT2D eigenvalue weighted by molar-refractivity contribution is 5.92. The molecule has 7 heteroatoms. The summed E-state index contributed by atoms with van der Waals surface area (Å²) in [4.78, 5) is 16.2. The summed E-state index contributed by atoms with van der Waals surface area (Å²) in [6.07, 6.45) is 3.41. The van der Waals surface area contributed by atoms with Gasteiger partial charge in [0.2, 0.25) is 0 Å². The Balaban J connectivity index is 1.92. The van der Waals surface area contributed by atoms with Crippen LogP contribution in [-0.2, 0) is 24.9 Å². The lowest BCUT2D eigenvalue weighted by atomic mass is 10.4. The van der Waals surface area contributed by atoms with Crippen molar-refractivity contribution in [1.82, 2.24) is 24.6 Å². The summed E-state index contributed by atoms with van der Waals surface area (Å²) in [5, 5.41) is 6.84. The zero-order chi connectivity index (χ0) is 14.5. The van der Waals surface area contributed by atoms with E-state index in [2.05, 4.69) is 15.4 Å². The number of nitrogens with one attached hydrogen (secondary N) is 1. The number of nitrogens with zero attached hydrogens (tertiary/aromatic N) is 4. The highest BCUT2D eigenvalue weighted by Gasteiger charge is 2.10. The molecule has 2 aromatic rings. The van der Waals surface area contributed by atoms with Gasteiger partial charge in [-0.3, -0.25) is 9.48 Å². The number of carbonyl (C=O) groups is 1. The van der Waals surface area contributed by atoms with Crippen LogP contribution in [0.1, 0.15) is 22.0 Å². The normalized spacial score (nSPS) is 10.8. The Morgan fingerprint density at radius 3 is 2.95 bits per heavy atom. The van der Waals surface area contributed by atoms with Crippen molar-refractivity contribution < 1.29 is 9.53 Å². The first-order valence-electron chi connectivity index (χ1n) is 6.39. The molecule has 0 saturated carbocycles. The molecule has 2 aromatic heterocycles. The van der Waals surface area contributed by atoms with Crippen molar-refractivity contribution in [3.05, 3.63) is 35.7 Å². The average molecular weight is 277 g/mol. The van der Waals surface area contributed by atoms with Gasteiger partial charge in [0.25, 0.3) is 5.91 Å². The maximum absolute atomic E-state index is 11.9. The molecule has 1 amide bonds. The van der Waals surface area contributed by atoms with Gasteiger partial charge in [0.15, 0.2) is 0 Å². The van der Waals surface area contributed by atoms with Gasteiger partial charge in [0, 0.05) is 45.3 Å². The van der Waals surface area contributed by atoms with Crippen molar-refractivity contribution in [2.45, 2.75) is 20.1 Å². The Morgan fingerprint density at radius 1 is 1.50 bits per heavy atom. The van der Waals surface area contributed by atoms with Gasteiger partial charge >= 0.3 is 0 Å². The monoisotopic (exact) mass is 277 g/mol. The van der Waals surface area contributed by atoms with E-state index in [-0.39, 0.29) is 5.91 Å². The van der Waals surface area contributed by atoms with Crippen LogP contribution < -0.4 is 5.32 Å². The van der Waals surface area contributed by atoms with E-state index in [4.69, 9.17) is 4.74 Å². The first-order chi connectivity index (χ1) is 9.63. The number of carbonyl (C=O) groups excluding carboxylic acids is 1.